The number of aliphatic hydroxyl groups is 1. The van der Waals surface area contributed by atoms with Crippen molar-refractivity contribution < 1.29 is 14.3 Å². The van der Waals surface area contributed by atoms with Crippen LogP contribution >= 0.6 is 0 Å². The fourth-order valence-corrected chi connectivity index (χ4v) is 3.96. The molecule has 3 aromatic rings. The third-order valence-corrected chi connectivity index (χ3v) is 5.37. The Balaban J connectivity index is 1.55. The van der Waals surface area contributed by atoms with Gasteiger partial charge in [-0.3, -0.25) is 4.79 Å². The molecule has 28 heavy (non-hydrogen) atoms. The number of hydrogen-bond acceptors (Lipinski definition) is 3. The highest BCUT2D eigenvalue weighted by atomic mass is 19.1. The first-order valence-electron chi connectivity index (χ1n) is 9.53. The Labute approximate surface area is 163 Å². The number of benzene rings is 2. The molecule has 1 aliphatic rings. The van der Waals surface area contributed by atoms with E-state index in [4.69, 9.17) is 0 Å². The average Bonchev–Trinajstić information content (AvgIpc) is 3.20. The van der Waals surface area contributed by atoms with Crippen LogP contribution in [0, 0.1) is 5.82 Å². The molecule has 1 amide bonds. The Hall–Kier alpha value is -2.70. The number of para-hydroxylation sites is 1. The minimum atomic E-state index is -0.531. The van der Waals surface area contributed by atoms with E-state index in [0.29, 0.717) is 25.9 Å². The van der Waals surface area contributed by atoms with E-state index >= 15 is 0 Å². The van der Waals surface area contributed by atoms with Crippen molar-refractivity contribution in [1.82, 2.24) is 15.2 Å². The smallest absolute Gasteiger partial charge is 0.220 e. The van der Waals surface area contributed by atoms with Gasteiger partial charge in [0.05, 0.1) is 12.1 Å². The summed E-state index contributed by atoms with van der Waals surface area (Å²) >= 11 is 0. The second-order valence-corrected chi connectivity index (χ2v) is 7.49. The molecule has 1 saturated heterocycles. The van der Waals surface area contributed by atoms with E-state index in [-0.39, 0.29) is 17.8 Å². The van der Waals surface area contributed by atoms with Gasteiger partial charge in [-0.2, -0.15) is 0 Å². The average molecular weight is 381 g/mol. The van der Waals surface area contributed by atoms with Crippen molar-refractivity contribution in [2.24, 2.45) is 0 Å². The van der Waals surface area contributed by atoms with Gasteiger partial charge < -0.3 is 20.3 Å². The Morgan fingerprint density at radius 3 is 2.68 bits per heavy atom. The summed E-state index contributed by atoms with van der Waals surface area (Å²) in [5.41, 5.74) is 3.84. The highest BCUT2D eigenvalue weighted by Crippen LogP contribution is 2.31. The maximum Gasteiger partial charge on any atom is 0.220 e. The number of amides is 1. The van der Waals surface area contributed by atoms with Gasteiger partial charge in [0.1, 0.15) is 5.82 Å². The molecule has 3 N–H and O–H groups in total. The summed E-state index contributed by atoms with van der Waals surface area (Å²) in [5, 5.41) is 14.0. The van der Waals surface area contributed by atoms with Gasteiger partial charge >= 0.3 is 0 Å². The molecule has 2 atom stereocenters. The van der Waals surface area contributed by atoms with E-state index in [1.807, 2.05) is 36.2 Å². The van der Waals surface area contributed by atoms with E-state index < -0.39 is 6.10 Å². The zero-order chi connectivity index (χ0) is 19.7. The molecule has 4 rings (SSSR count). The normalized spacial score (nSPS) is 20.0. The summed E-state index contributed by atoms with van der Waals surface area (Å²) in [6.07, 6.45) is 0.348. The summed E-state index contributed by atoms with van der Waals surface area (Å²) in [6, 6.07) is 14.1. The molecular weight excluding hydrogens is 357 g/mol. The maximum absolute atomic E-state index is 13.3. The van der Waals surface area contributed by atoms with Gasteiger partial charge in [-0.25, -0.2) is 4.39 Å². The number of aromatic amines is 1. The van der Waals surface area contributed by atoms with Gasteiger partial charge in [0, 0.05) is 36.1 Å². The Bertz CT molecular complexity index is 983. The van der Waals surface area contributed by atoms with Crippen molar-refractivity contribution in [1.29, 1.82) is 0 Å². The molecule has 0 saturated carbocycles. The van der Waals surface area contributed by atoms with Crippen LogP contribution in [-0.2, 0) is 11.2 Å². The van der Waals surface area contributed by atoms with Crippen molar-refractivity contribution in [2.75, 3.05) is 20.1 Å². The summed E-state index contributed by atoms with van der Waals surface area (Å²) in [4.78, 5) is 17.9. The van der Waals surface area contributed by atoms with Crippen molar-refractivity contribution >= 4 is 16.8 Å². The number of halogens is 1. The number of H-pyrrole nitrogens is 1. The summed E-state index contributed by atoms with van der Waals surface area (Å²) in [5.74, 6) is -0.351. The molecule has 1 aromatic heterocycles. The molecule has 5 nitrogen and oxygen atoms in total. The molecule has 6 heteroatoms. The number of carbonyl (C=O) groups is 1. The van der Waals surface area contributed by atoms with Crippen molar-refractivity contribution in [3.63, 3.8) is 0 Å². The second kappa shape index (κ2) is 7.73. The number of aromatic nitrogens is 1. The number of nitrogens with one attached hydrogen (secondary N) is 2. The number of aliphatic hydroxyl groups excluding tert-OH is 1. The van der Waals surface area contributed by atoms with Crippen molar-refractivity contribution in [3.8, 4) is 11.3 Å². The van der Waals surface area contributed by atoms with Crippen LogP contribution < -0.4 is 5.32 Å². The lowest BCUT2D eigenvalue weighted by Crippen LogP contribution is -2.42. The van der Waals surface area contributed by atoms with Gasteiger partial charge in [-0.15, -0.1) is 0 Å². The second-order valence-electron chi connectivity index (χ2n) is 7.49. The minimum absolute atomic E-state index is 0.0744. The lowest BCUT2D eigenvalue weighted by Gasteiger charge is -2.15. The summed E-state index contributed by atoms with van der Waals surface area (Å²) in [7, 11) is 1.93. The van der Waals surface area contributed by atoms with Gasteiger partial charge in [0.2, 0.25) is 5.91 Å². The van der Waals surface area contributed by atoms with Crippen LogP contribution in [0.2, 0.25) is 0 Å². The summed E-state index contributed by atoms with van der Waals surface area (Å²) in [6.45, 7) is 1.23. The quantitative estimate of drug-likeness (QED) is 0.637. The predicted octanol–water partition coefficient (Wildman–Crippen LogP) is 2.70. The minimum Gasteiger partial charge on any atom is -0.390 e. The number of likely N-dealkylation sites (tertiary alicyclic amines) is 1. The topological polar surface area (TPSA) is 68.4 Å². The standard InChI is InChI=1S/C22H24FN3O2/c1-26-12-19(20(27)13-26)24-21(28)11-10-17-16-4-2-3-5-18(16)25-22(17)14-6-8-15(23)9-7-14/h2-9,19-20,25,27H,10-13H2,1H3,(H,24,28)/t19-,20-/m1/s1. The van der Waals surface area contributed by atoms with Crippen molar-refractivity contribution in [3.05, 3.63) is 59.9 Å². The number of β-amino-alcohol motifs (C(OH)–C–C–N with tert-alkyl or cyclic N) is 1. The van der Waals surface area contributed by atoms with Crippen LogP contribution in [-0.4, -0.2) is 53.2 Å². The number of rotatable bonds is 5. The van der Waals surface area contributed by atoms with E-state index in [1.54, 1.807) is 12.1 Å². The van der Waals surface area contributed by atoms with Gasteiger partial charge in [-0.05, 0) is 54.9 Å². The van der Waals surface area contributed by atoms with Crippen molar-refractivity contribution in [2.45, 2.75) is 25.0 Å². The first kappa shape index (κ1) is 18.7. The molecule has 0 aliphatic carbocycles. The van der Waals surface area contributed by atoms with Gasteiger partial charge in [-0.1, -0.05) is 18.2 Å². The van der Waals surface area contributed by atoms with E-state index in [9.17, 15) is 14.3 Å². The molecule has 2 heterocycles. The highest BCUT2D eigenvalue weighted by Gasteiger charge is 2.30. The number of fused-ring (bicyclic) bond motifs is 1. The molecule has 0 spiro atoms. The van der Waals surface area contributed by atoms with E-state index in [0.717, 1.165) is 27.7 Å². The molecule has 146 valence electrons. The maximum atomic E-state index is 13.3. The number of likely N-dealkylation sites (N-methyl/N-ethyl adjacent to an activating group) is 1. The molecule has 0 bridgehead atoms. The first-order chi connectivity index (χ1) is 13.5. The molecule has 1 fully saturated rings. The first-order valence-corrected chi connectivity index (χ1v) is 9.53. The zero-order valence-electron chi connectivity index (χ0n) is 15.8. The number of nitrogens with zero attached hydrogens (tertiary/aromatic N) is 1. The Kier molecular flexibility index (Phi) is 5.15. The summed E-state index contributed by atoms with van der Waals surface area (Å²) < 4.78 is 13.3. The van der Waals surface area contributed by atoms with Crippen LogP contribution in [0.3, 0.4) is 0 Å². The number of aryl methyl sites for hydroxylation is 1. The molecular formula is C22H24FN3O2. The molecule has 2 aromatic carbocycles. The largest absolute Gasteiger partial charge is 0.390 e. The van der Waals surface area contributed by atoms with E-state index in [1.165, 1.54) is 12.1 Å². The highest BCUT2D eigenvalue weighted by molar-refractivity contribution is 5.91. The fraction of sp³-hybridized carbons (Fsp3) is 0.318. The molecule has 0 unspecified atom stereocenters. The van der Waals surface area contributed by atoms with Crippen LogP contribution in [0.4, 0.5) is 4.39 Å². The Morgan fingerprint density at radius 2 is 1.96 bits per heavy atom. The lowest BCUT2D eigenvalue weighted by molar-refractivity contribution is -0.122. The zero-order valence-corrected chi connectivity index (χ0v) is 15.8. The van der Waals surface area contributed by atoms with Crippen LogP contribution in [0.25, 0.3) is 22.2 Å². The van der Waals surface area contributed by atoms with Crippen LogP contribution in [0.5, 0.6) is 0 Å². The van der Waals surface area contributed by atoms with Crippen LogP contribution in [0.15, 0.2) is 48.5 Å². The number of carbonyl (C=O) groups excluding carboxylic acids is 1. The molecule has 1 aliphatic heterocycles. The third-order valence-electron chi connectivity index (χ3n) is 5.37. The lowest BCUT2D eigenvalue weighted by atomic mass is 10.0. The fourth-order valence-electron chi connectivity index (χ4n) is 3.96. The molecule has 0 radical (unpaired) electrons. The Morgan fingerprint density at radius 1 is 1.21 bits per heavy atom. The van der Waals surface area contributed by atoms with E-state index in [2.05, 4.69) is 10.3 Å². The monoisotopic (exact) mass is 381 g/mol. The van der Waals surface area contributed by atoms with Gasteiger partial charge in [0.15, 0.2) is 0 Å². The predicted molar refractivity (Wildman–Crippen MR) is 107 cm³/mol. The number of hydrogen-bond donors (Lipinski definition) is 3. The van der Waals surface area contributed by atoms with Gasteiger partial charge in [0.25, 0.3) is 0 Å². The third kappa shape index (κ3) is 3.79. The van der Waals surface area contributed by atoms with Crippen LogP contribution in [0.1, 0.15) is 12.0 Å². The SMILES string of the molecule is CN1C[C@@H](O)[C@H](NC(=O)CCc2c(-c3ccc(F)cc3)[nH]c3ccccc23)C1.